The Morgan fingerprint density at radius 2 is 2.13 bits per heavy atom. The van der Waals surface area contributed by atoms with Gasteiger partial charge in [-0.15, -0.1) is 11.3 Å². The predicted molar refractivity (Wildman–Crippen MR) is 113 cm³/mol. The van der Waals surface area contributed by atoms with E-state index in [1.54, 1.807) is 19.1 Å². The second kappa shape index (κ2) is 9.08. The molecule has 158 valence electrons. The third kappa shape index (κ3) is 4.68. The average molecular weight is 430 g/mol. The Kier molecular flexibility index (Phi) is 6.51. The Hall–Kier alpha value is -3.20. The number of aryl methyl sites for hydroxylation is 2. The molecule has 0 unspecified atom stereocenters. The van der Waals surface area contributed by atoms with Crippen molar-refractivity contribution in [1.82, 2.24) is 10.3 Å². The number of rotatable bonds is 8. The van der Waals surface area contributed by atoms with Crippen LogP contribution in [-0.4, -0.2) is 34.6 Å². The fourth-order valence-corrected chi connectivity index (χ4v) is 3.69. The van der Waals surface area contributed by atoms with E-state index < -0.39 is 18.0 Å². The number of thiazole rings is 1. The number of nitrogens with one attached hydrogen (secondary N) is 1. The van der Waals surface area contributed by atoms with Gasteiger partial charge in [-0.3, -0.25) is 14.4 Å². The zero-order valence-corrected chi connectivity index (χ0v) is 17.7. The van der Waals surface area contributed by atoms with Crippen molar-refractivity contribution in [1.29, 1.82) is 0 Å². The van der Waals surface area contributed by atoms with Gasteiger partial charge in [-0.05, 0) is 31.9 Å². The van der Waals surface area contributed by atoms with Crippen LogP contribution in [0.25, 0.3) is 21.5 Å². The van der Waals surface area contributed by atoms with E-state index in [0.29, 0.717) is 33.7 Å². The van der Waals surface area contributed by atoms with E-state index in [9.17, 15) is 14.4 Å². The van der Waals surface area contributed by atoms with Crippen LogP contribution in [0.5, 0.6) is 5.75 Å². The third-order valence-corrected chi connectivity index (χ3v) is 5.49. The van der Waals surface area contributed by atoms with E-state index in [1.165, 1.54) is 17.6 Å². The molecule has 0 spiro atoms. The Balaban J connectivity index is 1.88. The van der Waals surface area contributed by atoms with Gasteiger partial charge in [-0.2, -0.15) is 0 Å². The lowest BCUT2D eigenvalue weighted by Gasteiger charge is -2.17. The van der Waals surface area contributed by atoms with Crippen LogP contribution in [0.3, 0.4) is 0 Å². The molecule has 9 heteroatoms. The SMILES string of the molecule is CCc1cc2c(=O)c(-c3nc(C)cs3)coc2cc1O[C@@H](C)C(=O)NCCC(=O)O. The summed E-state index contributed by atoms with van der Waals surface area (Å²) in [6.45, 7) is 5.37. The van der Waals surface area contributed by atoms with E-state index in [1.807, 2.05) is 19.2 Å². The normalized spacial score (nSPS) is 12.0. The molecule has 0 aliphatic carbocycles. The number of carboxylic acid groups (broad SMARTS) is 1. The molecule has 1 amide bonds. The van der Waals surface area contributed by atoms with Crippen molar-refractivity contribution in [3.63, 3.8) is 0 Å². The quantitative estimate of drug-likeness (QED) is 0.563. The fourth-order valence-electron chi connectivity index (χ4n) is 2.89. The maximum Gasteiger partial charge on any atom is 0.305 e. The highest BCUT2D eigenvalue weighted by atomic mass is 32.1. The number of carbonyl (C=O) groups is 2. The van der Waals surface area contributed by atoms with Gasteiger partial charge in [-0.25, -0.2) is 4.98 Å². The number of fused-ring (bicyclic) bond motifs is 1. The number of aromatic nitrogens is 1. The topological polar surface area (TPSA) is 119 Å². The molecule has 8 nitrogen and oxygen atoms in total. The van der Waals surface area contributed by atoms with Gasteiger partial charge >= 0.3 is 5.97 Å². The van der Waals surface area contributed by atoms with E-state index >= 15 is 0 Å². The average Bonchev–Trinajstić information content (AvgIpc) is 3.13. The van der Waals surface area contributed by atoms with Crippen LogP contribution in [0, 0.1) is 6.92 Å². The number of aliphatic carboxylic acids is 1. The van der Waals surface area contributed by atoms with Crippen molar-refractivity contribution in [2.45, 2.75) is 39.7 Å². The summed E-state index contributed by atoms with van der Waals surface area (Å²) in [6, 6.07) is 3.32. The van der Waals surface area contributed by atoms with Crippen LogP contribution in [-0.2, 0) is 16.0 Å². The van der Waals surface area contributed by atoms with Crippen LogP contribution in [0.15, 0.2) is 33.0 Å². The third-order valence-electron chi connectivity index (χ3n) is 4.50. The molecule has 30 heavy (non-hydrogen) atoms. The van der Waals surface area contributed by atoms with Crippen molar-refractivity contribution in [3.05, 3.63) is 45.3 Å². The van der Waals surface area contributed by atoms with Gasteiger partial charge in [0.1, 0.15) is 22.6 Å². The maximum absolute atomic E-state index is 13.0. The smallest absolute Gasteiger partial charge is 0.305 e. The Labute approximate surface area is 176 Å². The molecule has 0 radical (unpaired) electrons. The zero-order valence-electron chi connectivity index (χ0n) is 16.9. The molecular weight excluding hydrogens is 408 g/mol. The minimum absolute atomic E-state index is 0.0219. The Bertz CT molecular complexity index is 1150. The van der Waals surface area contributed by atoms with Crippen molar-refractivity contribution in [2.75, 3.05) is 6.54 Å². The summed E-state index contributed by atoms with van der Waals surface area (Å²) < 4.78 is 11.5. The molecule has 2 heterocycles. The van der Waals surface area contributed by atoms with Crippen molar-refractivity contribution in [2.24, 2.45) is 0 Å². The number of benzene rings is 1. The highest BCUT2D eigenvalue weighted by Gasteiger charge is 2.19. The molecular formula is C21H22N2O6S. The van der Waals surface area contributed by atoms with Gasteiger partial charge in [0.25, 0.3) is 5.91 Å². The number of nitrogens with zero attached hydrogens (tertiary/aromatic N) is 1. The molecule has 1 atom stereocenters. The predicted octanol–water partition coefficient (Wildman–Crippen LogP) is 3.15. The monoisotopic (exact) mass is 430 g/mol. The first-order valence-electron chi connectivity index (χ1n) is 9.47. The molecule has 2 aromatic heterocycles. The molecule has 1 aromatic carbocycles. The molecule has 0 saturated carbocycles. The maximum atomic E-state index is 13.0. The lowest BCUT2D eigenvalue weighted by Crippen LogP contribution is -2.37. The van der Waals surface area contributed by atoms with E-state index in [-0.39, 0.29) is 18.4 Å². The number of amides is 1. The van der Waals surface area contributed by atoms with Crippen LogP contribution in [0.2, 0.25) is 0 Å². The van der Waals surface area contributed by atoms with Crippen LogP contribution in [0.4, 0.5) is 0 Å². The fraction of sp³-hybridized carbons (Fsp3) is 0.333. The summed E-state index contributed by atoms with van der Waals surface area (Å²) >= 11 is 1.38. The van der Waals surface area contributed by atoms with Crippen LogP contribution >= 0.6 is 11.3 Å². The van der Waals surface area contributed by atoms with Gasteiger partial charge < -0.3 is 19.6 Å². The van der Waals surface area contributed by atoms with Crippen molar-refractivity contribution < 1.29 is 23.8 Å². The van der Waals surface area contributed by atoms with Gasteiger partial charge in [0.2, 0.25) is 5.43 Å². The Morgan fingerprint density at radius 1 is 1.37 bits per heavy atom. The molecule has 3 aromatic rings. The summed E-state index contributed by atoms with van der Waals surface area (Å²) in [6.07, 6.45) is 0.964. The first kappa shape index (κ1) is 21.5. The second-order valence-corrected chi connectivity index (χ2v) is 7.64. The number of carboxylic acids is 1. The summed E-state index contributed by atoms with van der Waals surface area (Å²) in [5, 5.41) is 14.1. The minimum atomic E-state index is -0.992. The number of carbonyl (C=O) groups excluding carboxylic acids is 1. The van der Waals surface area contributed by atoms with Crippen molar-refractivity contribution >= 4 is 34.2 Å². The van der Waals surface area contributed by atoms with Crippen molar-refractivity contribution in [3.8, 4) is 16.3 Å². The van der Waals surface area contributed by atoms with Gasteiger partial charge in [-0.1, -0.05) is 6.92 Å². The lowest BCUT2D eigenvalue weighted by atomic mass is 10.1. The number of hydrogen-bond donors (Lipinski definition) is 2. The summed E-state index contributed by atoms with van der Waals surface area (Å²) in [5.74, 6) is -0.977. The standard InChI is InChI=1S/C21H22N2O6S/c1-4-13-7-14-17(28-9-15(19(14)26)21-23-11(2)10-30-21)8-16(13)29-12(3)20(27)22-6-5-18(24)25/h7-10,12H,4-6H2,1-3H3,(H,22,27)(H,24,25)/t12-/m0/s1. The highest BCUT2D eigenvalue weighted by molar-refractivity contribution is 7.13. The van der Waals surface area contributed by atoms with Gasteiger partial charge in [0.05, 0.1) is 17.4 Å². The van der Waals surface area contributed by atoms with Gasteiger partial charge in [0.15, 0.2) is 6.10 Å². The lowest BCUT2D eigenvalue weighted by molar-refractivity contribution is -0.137. The van der Waals surface area contributed by atoms with Crippen LogP contribution in [0.1, 0.15) is 31.5 Å². The molecule has 0 aliphatic heterocycles. The first-order chi connectivity index (χ1) is 14.3. The Morgan fingerprint density at radius 3 is 2.77 bits per heavy atom. The van der Waals surface area contributed by atoms with E-state index in [4.69, 9.17) is 14.3 Å². The summed E-state index contributed by atoms with van der Waals surface area (Å²) in [5.41, 5.74) is 2.17. The van der Waals surface area contributed by atoms with Crippen LogP contribution < -0.4 is 15.5 Å². The number of hydrogen-bond acceptors (Lipinski definition) is 7. The summed E-state index contributed by atoms with van der Waals surface area (Å²) in [7, 11) is 0. The largest absolute Gasteiger partial charge is 0.481 e. The molecule has 2 N–H and O–H groups in total. The second-order valence-electron chi connectivity index (χ2n) is 6.78. The molecule has 3 rings (SSSR count). The summed E-state index contributed by atoms with van der Waals surface area (Å²) in [4.78, 5) is 40.0. The van der Waals surface area contributed by atoms with Gasteiger partial charge in [0, 0.05) is 23.7 Å². The molecule has 0 bridgehead atoms. The highest BCUT2D eigenvalue weighted by Crippen LogP contribution is 2.29. The number of ether oxygens (including phenoxy) is 1. The van der Waals surface area contributed by atoms with E-state index in [2.05, 4.69) is 10.3 Å². The molecule has 0 aliphatic rings. The molecule has 0 fully saturated rings. The minimum Gasteiger partial charge on any atom is -0.481 e. The zero-order chi connectivity index (χ0) is 21.8. The molecule has 0 saturated heterocycles. The first-order valence-corrected chi connectivity index (χ1v) is 10.3. The van der Waals surface area contributed by atoms with E-state index in [0.717, 1.165) is 11.3 Å².